The zero-order valence-corrected chi connectivity index (χ0v) is 21.3. The number of alkyl halides is 3. The zero-order valence-electron chi connectivity index (χ0n) is 20.5. The maximum absolute atomic E-state index is 13.0. The van der Waals surface area contributed by atoms with Crippen LogP contribution in [0.3, 0.4) is 0 Å². The summed E-state index contributed by atoms with van der Waals surface area (Å²) in [6, 6.07) is 14.2. The molecule has 3 aromatic rings. The zero-order chi connectivity index (χ0) is 27.3. The molecule has 0 atom stereocenters. The van der Waals surface area contributed by atoms with E-state index in [0.717, 1.165) is 5.57 Å². The molecular weight excluding hydrogens is 517 g/mol. The Hall–Kier alpha value is -3.92. The summed E-state index contributed by atoms with van der Waals surface area (Å²) in [5, 5.41) is 2.84. The minimum absolute atomic E-state index is 0.0328. The number of nitrogens with zero attached hydrogens (tertiary/aromatic N) is 1. The maximum Gasteiger partial charge on any atom is 0.573 e. The van der Waals surface area contributed by atoms with Crippen molar-refractivity contribution in [2.75, 3.05) is 11.1 Å². The van der Waals surface area contributed by atoms with Crippen molar-refractivity contribution >= 4 is 21.4 Å². The summed E-state index contributed by atoms with van der Waals surface area (Å²) < 4.78 is 67.5. The van der Waals surface area contributed by atoms with Crippen LogP contribution < -0.4 is 10.1 Å². The van der Waals surface area contributed by atoms with Gasteiger partial charge in [-0.1, -0.05) is 42.8 Å². The number of halogens is 3. The van der Waals surface area contributed by atoms with E-state index in [1.165, 1.54) is 18.2 Å². The summed E-state index contributed by atoms with van der Waals surface area (Å²) in [6.07, 6.45) is 2.43. The lowest BCUT2D eigenvalue weighted by atomic mass is 9.94. The van der Waals surface area contributed by atoms with E-state index in [1.807, 2.05) is 0 Å². The quantitative estimate of drug-likeness (QED) is 0.343. The minimum atomic E-state index is -4.86. The smallest absolute Gasteiger partial charge is 0.405 e. The highest BCUT2D eigenvalue weighted by Crippen LogP contribution is 2.40. The number of nitrogens with one attached hydrogen (secondary N) is 1. The van der Waals surface area contributed by atoms with Crippen molar-refractivity contribution in [2.45, 2.75) is 32.5 Å². The second kappa shape index (κ2) is 11.2. The lowest BCUT2D eigenvalue weighted by molar-refractivity contribution is -0.274. The number of sulfone groups is 1. The molecule has 2 aromatic carbocycles. The Morgan fingerprint density at radius 1 is 0.974 bits per heavy atom. The first kappa shape index (κ1) is 27.1. The summed E-state index contributed by atoms with van der Waals surface area (Å²) >= 11 is 0. The lowest BCUT2D eigenvalue weighted by Crippen LogP contribution is -2.17. The topological polar surface area (TPSA) is 85.4 Å². The fourth-order valence-corrected chi connectivity index (χ4v) is 5.25. The van der Waals surface area contributed by atoms with Gasteiger partial charge in [0.1, 0.15) is 5.75 Å². The molecule has 6 nitrogen and oxygen atoms in total. The first-order valence-corrected chi connectivity index (χ1v) is 13.5. The number of carbonyl (C=O) groups is 1. The molecule has 198 valence electrons. The molecule has 1 N–H and O–H groups in total. The van der Waals surface area contributed by atoms with Crippen molar-refractivity contribution in [3.63, 3.8) is 0 Å². The molecule has 1 amide bonds. The number of allylic oxidation sites excluding steroid dienone is 3. The number of aromatic nitrogens is 1. The van der Waals surface area contributed by atoms with Crippen LogP contribution in [-0.2, 0) is 14.6 Å². The third kappa shape index (κ3) is 6.69. The molecule has 0 unspecified atom stereocenters. The van der Waals surface area contributed by atoms with Crippen LogP contribution in [0, 0.1) is 0 Å². The molecule has 10 heteroatoms. The fraction of sp³-hybridized carbons (Fsp3) is 0.214. The Bertz CT molecular complexity index is 1500. The molecule has 0 bridgehead atoms. The van der Waals surface area contributed by atoms with Crippen molar-refractivity contribution in [3.05, 3.63) is 89.6 Å². The number of benzene rings is 2. The van der Waals surface area contributed by atoms with Gasteiger partial charge in [-0.3, -0.25) is 9.78 Å². The van der Waals surface area contributed by atoms with Crippen LogP contribution in [0.2, 0.25) is 0 Å². The van der Waals surface area contributed by atoms with Crippen LogP contribution in [-0.4, -0.2) is 31.4 Å². The molecule has 1 aliphatic carbocycles. The number of ether oxygens (including phenoxy) is 1. The number of hydrogen-bond acceptors (Lipinski definition) is 5. The Morgan fingerprint density at radius 3 is 2.37 bits per heavy atom. The Morgan fingerprint density at radius 2 is 1.71 bits per heavy atom. The van der Waals surface area contributed by atoms with Crippen LogP contribution in [0.4, 0.5) is 18.9 Å². The number of anilines is 1. The molecule has 0 fully saturated rings. The van der Waals surface area contributed by atoms with Gasteiger partial charge in [0, 0.05) is 35.0 Å². The first-order valence-electron chi connectivity index (χ1n) is 11.9. The molecule has 0 aliphatic heterocycles. The summed E-state index contributed by atoms with van der Waals surface area (Å²) in [5.74, 6) is -0.597. The van der Waals surface area contributed by atoms with Crippen LogP contribution in [0.5, 0.6) is 5.75 Å². The van der Waals surface area contributed by atoms with Crippen LogP contribution in [0.15, 0.2) is 89.6 Å². The Labute approximate surface area is 218 Å². The molecule has 0 radical (unpaired) electrons. The van der Waals surface area contributed by atoms with Gasteiger partial charge in [0.2, 0.25) is 5.91 Å². The molecule has 4 rings (SSSR count). The van der Waals surface area contributed by atoms with Gasteiger partial charge in [0.25, 0.3) is 0 Å². The van der Waals surface area contributed by atoms with Crippen LogP contribution in [0.1, 0.15) is 26.2 Å². The lowest BCUT2D eigenvalue weighted by Gasteiger charge is -2.18. The SMILES string of the molecule is CCS(=O)(=O)C1=CC=C(CC(=O)Nc2ccc(-c3ccccc3OC(F)(F)F)c(-c3ccncc3)c2)CC1. The monoisotopic (exact) mass is 542 g/mol. The molecule has 0 spiro atoms. The average molecular weight is 543 g/mol. The van der Waals surface area contributed by atoms with Gasteiger partial charge in [0.15, 0.2) is 9.84 Å². The second-order valence-electron chi connectivity index (χ2n) is 8.63. The summed E-state index contributed by atoms with van der Waals surface area (Å²) in [6.45, 7) is 1.59. The van der Waals surface area contributed by atoms with E-state index in [1.54, 1.807) is 67.9 Å². The van der Waals surface area contributed by atoms with Gasteiger partial charge < -0.3 is 10.1 Å². The van der Waals surface area contributed by atoms with E-state index in [9.17, 15) is 26.4 Å². The van der Waals surface area contributed by atoms with E-state index >= 15 is 0 Å². The van der Waals surface area contributed by atoms with Crippen molar-refractivity contribution in [1.29, 1.82) is 0 Å². The van der Waals surface area contributed by atoms with Crippen molar-refractivity contribution in [2.24, 2.45) is 0 Å². The van der Waals surface area contributed by atoms with Crippen LogP contribution in [0.25, 0.3) is 22.3 Å². The summed E-state index contributed by atoms with van der Waals surface area (Å²) in [4.78, 5) is 17.2. The van der Waals surface area contributed by atoms with Gasteiger partial charge in [-0.05, 0) is 65.9 Å². The van der Waals surface area contributed by atoms with E-state index in [4.69, 9.17) is 0 Å². The first-order chi connectivity index (χ1) is 18.1. The Balaban J connectivity index is 1.62. The highest BCUT2D eigenvalue weighted by atomic mass is 32.2. The van der Waals surface area contributed by atoms with Crippen molar-refractivity contribution in [3.8, 4) is 28.0 Å². The summed E-state index contributed by atoms with van der Waals surface area (Å²) in [7, 11) is -3.25. The van der Waals surface area contributed by atoms with Gasteiger partial charge in [0.05, 0.1) is 5.75 Å². The van der Waals surface area contributed by atoms with Gasteiger partial charge in [-0.25, -0.2) is 8.42 Å². The number of amides is 1. The third-order valence-electron chi connectivity index (χ3n) is 6.06. The molecule has 0 saturated heterocycles. The number of carbonyl (C=O) groups excluding carboxylic acids is 1. The summed E-state index contributed by atoms with van der Waals surface area (Å²) in [5.41, 5.74) is 3.27. The number of pyridine rings is 1. The predicted octanol–water partition coefficient (Wildman–Crippen LogP) is 6.68. The average Bonchev–Trinajstić information content (AvgIpc) is 2.89. The standard InChI is InChI=1S/C28H25F3N2O4S/c1-2-38(35,36)22-10-7-19(8-11-22)17-27(34)33-21-9-12-23(25(18-21)20-13-15-32-16-14-20)24-5-3-4-6-26(24)37-28(29,30)31/h3-7,9-10,12-16,18H,2,8,11,17H2,1H3,(H,33,34). The van der Waals surface area contributed by atoms with Gasteiger partial charge >= 0.3 is 6.36 Å². The molecule has 0 saturated carbocycles. The molecule has 1 aromatic heterocycles. The van der Waals surface area contributed by atoms with Crippen molar-refractivity contribution in [1.82, 2.24) is 4.98 Å². The second-order valence-corrected chi connectivity index (χ2v) is 11.0. The Kier molecular flexibility index (Phi) is 8.01. The number of para-hydroxylation sites is 1. The molecule has 1 aliphatic rings. The minimum Gasteiger partial charge on any atom is -0.405 e. The molecule has 38 heavy (non-hydrogen) atoms. The van der Waals surface area contributed by atoms with E-state index in [-0.39, 0.29) is 29.4 Å². The van der Waals surface area contributed by atoms with E-state index < -0.39 is 16.2 Å². The van der Waals surface area contributed by atoms with Crippen LogP contribution >= 0.6 is 0 Å². The van der Waals surface area contributed by atoms with Gasteiger partial charge in [-0.15, -0.1) is 13.2 Å². The number of hydrogen-bond donors (Lipinski definition) is 1. The highest BCUT2D eigenvalue weighted by Gasteiger charge is 2.32. The largest absolute Gasteiger partial charge is 0.573 e. The molecule has 1 heterocycles. The predicted molar refractivity (Wildman–Crippen MR) is 140 cm³/mol. The van der Waals surface area contributed by atoms with Crippen molar-refractivity contribution < 1.29 is 31.1 Å². The van der Waals surface area contributed by atoms with E-state index in [2.05, 4.69) is 15.0 Å². The van der Waals surface area contributed by atoms with Gasteiger partial charge in [-0.2, -0.15) is 0 Å². The highest BCUT2D eigenvalue weighted by molar-refractivity contribution is 7.95. The molecular formula is C28H25F3N2O4S. The fourth-order valence-electron chi connectivity index (χ4n) is 4.19. The normalized spacial score (nSPS) is 13.9. The number of rotatable bonds is 8. The van der Waals surface area contributed by atoms with E-state index in [0.29, 0.717) is 40.1 Å². The third-order valence-corrected chi connectivity index (χ3v) is 7.96. The maximum atomic E-state index is 13.0.